The van der Waals surface area contributed by atoms with E-state index in [-0.39, 0.29) is 11.9 Å². The molecule has 1 aromatic carbocycles. The summed E-state index contributed by atoms with van der Waals surface area (Å²) in [4.78, 5) is 15.1. The van der Waals surface area contributed by atoms with Crippen LogP contribution in [0.2, 0.25) is 5.02 Å². The van der Waals surface area contributed by atoms with Gasteiger partial charge in [0, 0.05) is 24.0 Å². The van der Waals surface area contributed by atoms with Gasteiger partial charge in [-0.25, -0.2) is 0 Å². The Labute approximate surface area is 144 Å². The average Bonchev–Trinajstić information content (AvgIpc) is 2.58. The van der Waals surface area contributed by atoms with Gasteiger partial charge in [-0.05, 0) is 37.1 Å². The van der Waals surface area contributed by atoms with Crippen molar-refractivity contribution in [2.75, 3.05) is 13.1 Å². The van der Waals surface area contributed by atoms with Crippen LogP contribution in [0.4, 0.5) is 0 Å². The smallest absolute Gasteiger partial charge is 0.274 e. The number of nitrogens with zero attached hydrogens (tertiary/aromatic N) is 3. The largest absolute Gasteiger partial charge is 0.337 e. The number of piperidine rings is 1. The number of halogens is 1. The van der Waals surface area contributed by atoms with Crippen LogP contribution in [0, 0.1) is 0 Å². The highest BCUT2D eigenvalue weighted by atomic mass is 35.5. The van der Waals surface area contributed by atoms with E-state index in [2.05, 4.69) is 10.2 Å². The molecule has 1 saturated heterocycles. The highest BCUT2D eigenvalue weighted by Gasteiger charge is 2.22. The second-order valence-corrected chi connectivity index (χ2v) is 6.89. The lowest BCUT2D eigenvalue weighted by Crippen LogP contribution is -2.43. The molecule has 0 atom stereocenters. The summed E-state index contributed by atoms with van der Waals surface area (Å²) in [6.07, 6.45) is 1.67. The average molecular weight is 349 g/mol. The topological polar surface area (TPSA) is 72.1 Å². The zero-order valence-electron chi connectivity index (χ0n) is 12.5. The van der Waals surface area contributed by atoms with Gasteiger partial charge in [0.05, 0.1) is 5.02 Å². The Morgan fingerprint density at radius 2 is 1.91 bits per heavy atom. The molecule has 0 spiro atoms. The van der Waals surface area contributed by atoms with Gasteiger partial charge in [0.2, 0.25) is 0 Å². The number of nitrogens with two attached hydrogens (primary N) is 1. The molecule has 23 heavy (non-hydrogen) atoms. The van der Waals surface area contributed by atoms with Crippen molar-refractivity contribution < 1.29 is 4.79 Å². The molecule has 0 aliphatic carbocycles. The van der Waals surface area contributed by atoms with E-state index in [0.717, 1.165) is 17.7 Å². The maximum absolute atomic E-state index is 12.4. The van der Waals surface area contributed by atoms with Crippen LogP contribution in [-0.2, 0) is 0 Å². The second-order valence-electron chi connectivity index (χ2n) is 5.42. The van der Waals surface area contributed by atoms with E-state index < -0.39 is 0 Å². The Kier molecular flexibility index (Phi) is 5.15. The molecule has 1 amide bonds. The van der Waals surface area contributed by atoms with Gasteiger partial charge in [0.15, 0.2) is 5.69 Å². The predicted molar refractivity (Wildman–Crippen MR) is 90.7 cm³/mol. The first-order valence-electron chi connectivity index (χ1n) is 7.44. The zero-order chi connectivity index (χ0) is 16.2. The SMILES string of the molecule is NC1CCN(C(=O)c2ccc(Sc3ccccc3Cl)nn2)CC1. The standard InChI is InChI=1S/C16H17ClN4OS/c17-12-3-1-2-4-14(12)23-15-6-5-13(19-20-15)16(22)21-9-7-11(18)8-10-21/h1-6,11H,7-10,18H2. The van der Waals surface area contributed by atoms with Gasteiger partial charge in [-0.15, -0.1) is 10.2 Å². The first-order valence-corrected chi connectivity index (χ1v) is 8.64. The summed E-state index contributed by atoms with van der Waals surface area (Å²) in [5.41, 5.74) is 6.23. The molecule has 2 heterocycles. The fraction of sp³-hybridized carbons (Fsp3) is 0.312. The number of aromatic nitrogens is 2. The van der Waals surface area contributed by atoms with Crippen LogP contribution in [0.1, 0.15) is 23.3 Å². The summed E-state index contributed by atoms with van der Waals surface area (Å²) < 4.78 is 0. The Hall–Kier alpha value is -1.63. The Morgan fingerprint density at radius 3 is 2.57 bits per heavy atom. The minimum atomic E-state index is -0.0845. The first-order chi connectivity index (χ1) is 11.1. The van der Waals surface area contributed by atoms with E-state index in [1.54, 1.807) is 17.0 Å². The normalized spacial score (nSPS) is 15.7. The summed E-state index contributed by atoms with van der Waals surface area (Å²) in [5.74, 6) is -0.0845. The minimum absolute atomic E-state index is 0.0845. The van der Waals surface area contributed by atoms with E-state index in [9.17, 15) is 4.79 Å². The number of benzene rings is 1. The number of carbonyl (C=O) groups excluding carboxylic acids is 1. The third kappa shape index (κ3) is 4.02. The summed E-state index contributed by atoms with van der Waals surface area (Å²) in [5, 5.41) is 9.56. The van der Waals surface area contributed by atoms with Crippen molar-refractivity contribution in [1.29, 1.82) is 0 Å². The maximum Gasteiger partial charge on any atom is 0.274 e. The Balaban J connectivity index is 1.67. The van der Waals surface area contributed by atoms with Crippen molar-refractivity contribution in [2.45, 2.75) is 28.8 Å². The summed E-state index contributed by atoms with van der Waals surface area (Å²) in [7, 11) is 0. The van der Waals surface area contributed by atoms with E-state index >= 15 is 0 Å². The molecule has 0 bridgehead atoms. The van der Waals surface area contributed by atoms with E-state index in [1.807, 2.05) is 24.3 Å². The van der Waals surface area contributed by atoms with Crippen LogP contribution in [0.15, 0.2) is 46.3 Å². The van der Waals surface area contributed by atoms with Crippen LogP contribution in [0.5, 0.6) is 0 Å². The van der Waals surface area contributed by atoms with Gasteiger partial charge in [0.25, 0.3) is 5.91 Å². The number of carbonyl (C=O) groups is 1. The molecule has 0 saturated carbocycles. The first kappa shape index (κ1) is 16.2. The quantitative estimate of drug-likeness (QED) is 0.923. The molecule has 5 nitrogen and oxygen atoms in total. The highest BCUT2D eigenvalue weighted by Crippen LogP contribution is 2.31. The molecule has 2 aromatic rings. The van der Waals surface area contributed by atoms with Crippen molar-refractivity contribution in [3.8, 4) is 0 Å². The van der Waals surface area contributed by atoms with Crippen molar-refractivity contribution in [3.63, 3.8) is 0 Å². The molecular formula is C16H17ClN4OS. The number of hydrogen-bond donors (Lipinski definition) is 1. The lowest BCUT2D eigenvalue weighted by atomic mass is 10.1. The van der Waals surface area contributed by atoms with E-state index in [4.69, 9.17) is 17.3 Å². The van der Waals surface area contributed by atoms with Crippen LogP contribution in [-0.4, -0.2) is 40.1 Å². The molecular weight excluding hydrogens is 332 g/mol. The third-order valence-corrected chi connectivity index (χ3v) is 5.18. The molecule has 2 N–H and O–H groups in total. The van der Waals surface area contributed by atoms with Gasteiger partial charge >= 0.3 is 0 Å². The molecule has 0 radical (unpaired) electrons. The van der Waals surface area contributed by atoms with E-state index in [0.29, 0.717) is 28.8 Å². The van der Waals surface area contributed by atoms with Gasteiger partial charge < -0.3 is 10.6 Å². The lowest BCUT2D eigenvalue weighted by molar-refractivity contribution is 0.0707. The van der Waals surface area contributed by atoms with Gasteiger partial charge in [-0.3, -0.25) is 4.79 Å². The fourth-order valence-corrected chi connectivity index (χ4v) is 3.40. The van der Waals surface area contributed by atoms with Crippen LogP contribution in [0.3, 0.4) is 0 Å². The summed E-state index contributed by atoms with van der Waals surface area (Å²) in [6, 6.07) is 11.2. The van der Waals surface area contributed by atoms with Gasteiger partial charge in [0.1, 0.15) is 5.03 Å². The zero-order valence-corrected chi connectivity index (χ0v) is 14.1. The predicted octanol–water partition coefficient (Wildman–Crippen LogP) is 2.84. The summed E-state index contributed by atoms with van der Waals surface area (Å²) in [6.45, 7) is 1.36. The minimum Gasteiger partial charge on any atom is -0.337 e. The fourth-order valence-electron chi connectivity index (χ4n) is 2.39. The van der Waals surface area contributed by atoms with Gasteiger partial charge in [-0.1, -0.05) is 35.5 Å². The molecule has 1 aromatic heterocycles. The third-order valence-electron chi connectivity index (χ3n) is 3.74. The van der Waals surface area contributed by atoms with Crippen molar-refractivity contribution in [2.24, 2.45) is 5.73 Å². The van der Waals surface area contributed by atoms with Crippen LogP contribution < -0.4 is 5.73 Å². The van der Waals surface area contributed by atoms with Crippen molar-refractivity contribution in [3.05, 3.63) is 47.1 Å². The molecule has 7 heteroatoms. The van der Waals surface area contributed by atoms with Crippen molar-refractivity contribution in [1.82, 2.24) is 15.1 Å². The molecule has 1 fully saturated rings. The Bertz CT molecular complexity index is 687. The van der Waals surface area contributed by atoms with Crippen molar-refractivity contribution >= 4 is 29.3 Å². The summed E-state index contributed by atoms with van der Waals surface area (Å²) >= 11 is 7.55. The molecule has 0 unspecified atom stereocenters. The number of hydrogen-bond acceptors (Lipinski definition) is 5. The van der Waals surface area contributed by atoms with Gasteiger partial charge in [-0.2, -0.15) is 0 Å². The number of likely N-dealkylation sites (tertiary alicyclic amines) is 1. The molecule has 3 rings (SSSR count). The maximum atomic E-state index is 12.4. The number of rotatable bonds is 3. The highest BCUT2D eigenvalue weighted by molar-refractivity contribution is 7.99. The Morgan fingerprint density at radius 1 is 1.17 bits per heavy atom. The second kappa shape index (κ2) is 7.29. The van der Waals surface area contributed by atoms with E-state index in [1.165, 1.54) is 11.8 Å². The van der Waals surface area contributed by atoms with Crippen LogP contribution >= 0.6 is 23.4 Å². The monoisotopic (exact) mass is 348 g/mol. The molecule has 1 aliphatic heterocycles. The molecule has 1 aliphatic rings. The lowest BCUT2D eigenvalue weighted by Gasteiger charge is -2.29. The number of amides is 1. The van der Waals surface area contributed by atoms with Crippen LogP contribution in [0.25, 0.3) is 0 Å². The molecule has 120 valence electrons.